The molecule has 6 nitrogen and oxygen atoms in total. The molecule has 2 aromatic carbocycles. The zero-order valence-corrected chi connectivity index (χ0v) is 14.7. The van der Waals surface area contributed by atoms with Gasteiger partial charge in [0.15, 0.2) is 0 Å². The van der Waals surface area contributed by atoms with Crippen LogP contribution >= 0.6 is 11.3 Å². The van der Waals surface area contributed by atoms with Crippen LogP contribution in [0.25, 0.3) is 0 Å². The van der Waals surface area contributed by atoms with Gasteiger partial charge in [-0.25, -0.2) is 0 Å². The molecule has 132 valence electrons. The van der Waals surface area contributed by atoms with Gasteiger partial charge in [0, 0.05) is 18.5 Å². The zero-order valence-electron chi connectivity index (χ0n) is 13.9. The van der Waals surface area contributed by atoms with Crippen molar-refractivity contribution in [2.45, 2.75) is 19.3 Å². The molecule has 0 bridgehead atoms. The molecular formula is C19H17N3O3S. The third-order valence-corrected chi connectivity index (χ3v) is 4.62. The molecule has 7 heteroatoms. The molecule has 26 heavy (non-hydrogen) atoms. The summed E-state index contributed by atoms with van der Waals surface area (Å²) in [7, 11) is 0. The van der Waals surface area contributed by atoms with E-state index in [9.17, 15) is 9.59 Å². The summed E-state index contributed by atoms with van der Waals surface area (Å²) in [6.45, 7) is 0. The lowest BCUT2D eigenvalue weighted by molar-refractivity contribution is -0.136. The van der Waals surface area contributed by atoms with Crippen molar-refractivity contribution in [1.29, 1.82) is 0 Å². The average molecular weight is 367 g/mol. The van der Waals surface area contributed by atoms with Gasteiger partial charge < -0.3 is 10.4 Å². The molecule has 1 amide bonds. The molecule has 0 aliphatic carbocycles. The quantitative estimate of drug-likeness (QED) is 0.668. The molecule has 0 unspecified atom stereocenters. The molecular weight excluding hydrogens is 350 g/mol. The van der Waals surface area contributed by atoms with Crippen LogP contribution in [0.5, 0.6) is 0 Å². The number of rotatable bonds is 7. The fraction of sp³-hybridized carbons (Fsp3) is 0.158. The lowest BCUT2D eigenvalue weighted by Gasteiger charge is -2.04. The second-order valence-electron chi connectivity index (χ2n) is 5.71. The average Bonchev–Trinajstić information content (AvgIpc) is 3.10. The minimum absolute atomic E-state index is 0.0840. The van der Waals surface area contributed by atoms with Gasteiger partial charge in [-0.3, -0.25) is 9.59 Å². The Labute approximate surface area is 154 Å². The van der Waals surface area contributed by atoms with Crippen LogP contribution in [0.3, 0.4) is 0 Å². The predicted molar refractivity (Wildman–Crippen MR) is 99.5 cm³/mol. The van der Waals surface area contributed by atoms with Gasteiger partial charge in [0.1, 0.15) is 5.01 Å². The van der Waals surface area contributed by atoms with Crippen LogP contribution in [-0.4, -0.2) is 27.2 Å². The SMILES string of the molecule is O=C(O)CCc1ccc(NC(=O)c2nnc(Cc3ccccc3)s2)cc1. The number of hydrogen-bond donors (Lipinski definition) is 2. The summed E-state index contributed by atoms with van der Waals surface area (Å²) < 4.78 is 0. The summed E-state index contributed by atoms with van der Waals surface area (Å²) >= 11 is 1.27. The van der Waals surface area contributed by atoms with E-state index in [1.54, 1.807) is 24.3 Å². The van der Waals surface area contributed by atoms with E-state index in [0.29, 0.717) is 23.5 Å². The highest BCUT2D eigenvalue weighted by Gasteiger charge is 2.13. The largest absolute Gasteiger partial charge is 0.481 e. The number of carbonyl (C=O) groups is 2. The Morgan fingerprint density at radius 1 is 0.962 bits per heavy atom. The van der Waals surface area contributed by atoms with Crippen LogP contribution < -0.4 is 5.32 Å². The van der Waals surface area contributed by atoms with Gasteiger partial charge in [-0.15, -0.1) is 10.2 Å². The molecule has 0 aliphatic rings. The van der Waals surface area contributed by atoms with Gasteiger partial charge in [0.05, 0.1) is 0 Å². The van der Waals surface area contributed by atoms with E-state index in [4.69, 9.17) is 5.11 Å². The lowest BCUT2D eigenvalue weighted by Crippen LogP contribution is -2.11. The molecule has 2 N–H and O–H groups in total. The van der Waals surface area contributed by atoms with Gasteiger partial charge in [-0.2, -0.15) is 0 Å². The Hall–Kier alpha value is -3.06. The van der Waals surface area contributed by atoms with Crippen molar-refractivity contribution >= 4 is 28.9 Å². The summed E-state index contributed by atoms with van der Waals surface area (Å²) in [5.41, 5.74) is 2.66. The number of aryl methyl sites for hydroxylation is 1. The number of nitrogens with zero attached hydrogens (tertiary/aromatic N) is 2. The van der Waals surface area contributed by atoms with E-state index in [1.807, 2.05) is 30.3 Å². The van der Waals surface area contributed by atoms with Crippen LogP contribution in [-0.2, 0) is 17.6 Å². The van der Waals surface area contributed by atoms with Crippen molar-refractivity contribution in [2.24, 2.45) is 0 Å². The van der Waals surface area contributed by atoms with Gasteiger partial charge in [0.25, 0.3) is 5.91 Å². The van der Waals surface area contributed by atoms with Crippen LogP contribution in [0.4, 0.5) is 5.69 Å². The number of nitrogens with one attached hydrogen (secondary N) is 1. The molecule has 0 fully saturated rings. The van der Waals surface area contributed by atoms with E-state index in [-0.39, 0.29) is 12.3 Å². The van der Waals surface area contributed by atoms with Crippen molar-refractivity contribution in [3.05, 3.63) is 75.7 Å². The number of anilines is 1. The number of hydrogen-bond acceptors (Lipinski definition) is 5. The Bertz CT molecular complexity index is 892. The van der Waals surface area contributed by atoms with E-state index in [1.165, 1.54) is 11.3 Å². The predicted octanol–water partition coefficient (Wildman–Crippen LogP) is 3.40. The van der Waals surface area contributed by atoms with Crippen molar-refractivity contribution < 1.29 is 14.7 Å². The topological polar surface area (TPSA) is 92.2 Å². The van der Waals surface area contributed by atoms with Gasteiger partial charge >= 0.3 is 5.97 Å². The zero-order chi connectivity index (χ0) is 18.4. The van der Waals surface area contributed by atoms with E-state index >= 15 is 0 Å². The van der Waals surface area contributed by atoms with Crippen molar-refractivity contribution in [2.75, 3.05) is 5.32 Å². The number of carboxylic acid groups (broad SMARTS) is 1. The number of aliphatic carboxylic acids is 1. The van der Waals surface area contributed by atoms with Crippen molar-refractivity contribution in [3.63, 3.8) is 0 Å². The molecule has 0 aliphatic heterocycles. The van der Waals surface area contributed by atoms with Gasteiger partial charge in [-0.1, -0.05) is 53.8 Å². The van der Waals surface area contributed by atoms with E-state index in [0.717, 1.165) is 16.1 Å². The highest BCUT2D eigenvalue weighted by atomic mass is 32.1. The summed E-state index contributed by atoms with van der Waals surface area (Å²) in [5, 5.41) is 20.6. The highest BCUT2D eigenvalue weighted by Crippen LogP contribution is 2.17. The first-order chi connectivity index (χ1) is 12.6. The Morgan fingerprint density at radius 3 is 2.38 bits per heavy atom. The van der Waals surface area contributed by atoms with Crippen LogP contribution in [0.15, 0.2) is 54.6 Å². The number of benzene rings is 2. The summed E-state index contributed by atoms with van der Waals surface area (Å²) in [5.74, 6) is -1.13. The standard InChI is InChI=1S/C19H17N3O3S/c23-17(24)11-8-13-6-9-15(10-7-13)20-18(25)19-22-21-16(26-19)12-14-4-2-1-3-5-14/h1-7,9-10H,8,11-12H2,(H,20,25)(H,23,24). The second kappa shape index (κ2) is 8.35. The Morgan fingerprint density at radius 2 is 1.69 bits per heavy atom. The first-order valence-electron chi connectivity index (χ1n) is 8.08. The van der Waals surface area contributed by atoms with Gasteiger partial charge in [-0.05, 0) is 29.7 Å². The van der Waals surface area contributed by atoms with E-state index in [2.05, 4.69) is 15.5 Å². The van der Waals surface area contributed by atoms with Crippen LogP contribution in [0.2, 0.25) is 0 Å². The number of aromatic nitrogens is 2. The van der Waals surface area contributed by atoms with Crippen LogP contribution in [0.1, 0.15) is 32.4 Å². The maximum absolute atomic E-state index is 12.3. The smallest absolute Gasteiger partial charge is 0.303 e. The maximum atomic E-state index is 12.3. The highest BCUT2D eigenvalue weighted by molar-refractivity contribution is 7.13. The number of amides is 1. The Balaban J connectivity index is 1.59. The first kappa shape index (κ1) is 17.8. The van der Waals surface area contributed by atoms with Gasteiger partial charge in [0.2, 0.25) is 5.01 Å². The summed E-state index contributed by atoms with van der Waals surface area (Å²) in [6.07, 6.45) is 1.19. The molecule has 0 atom stereocenters. The molecule has 1 heterocycles. The molecule has 0 saturated heterocycles. The minimum atomic E-state index is -0.829. The molecule has 0 saturated carbocycles. The maximum Gasteiger partial charge on any atom is 0.303 e. The monoisotopic (exact) mass is 367 g/mol. The number of carbonyl (C=O) groups excluding carboxylic acids is 1. The minimum Gasteiger partial charge on any atom is -0.481 e. The number of carboxylic acids is 1. The van der Waals surface area contributed by atoms with Crippen molar-refractivity contribution in [1.82, 2.24) is 10.2 Å². The molecule has 1 aromatic heterocycles. The second-order valence-corrected chi connectivity index (χ2v) is 6.77. The molecule has 3 aromatic rings. The lowest BCUT2D eigenvalue weighted by atomic mass is 10.1. The third kappa shape index (κ3) is 4.97. The molecule has 3 rings (SSSR count). The summed E-state index contributed by atoms with van der Waals surface area (Å²) in [6, 6.07) is 17.0. The molecule has 0 radical (unpaired) electrons. The van der Waals surface area contributed by atoms with Crippen molar-refractivity contribution in [3.8, 4) is 0 Å². The third-order valence-electron chi connectivity index (χ3n) is 3.70. The first-order valence-corrected chi connectivity index (χ1v) is 8.90. The Kier molecular flexibility index (Phi) is 5.70. The summed E-state index contributed by atoms with van der Waals surface area (Å²) in [4.78, 5) is 22.9. The van der Waals surface area contributed by atoms with E-state index < -0.39 is 5.97 Å². The molecule has 0 spiro atoms. The normalized spacial score (nSPS) is 10.5. The van der Waals surface area contributed by atoms with Crippen LogP contribution in [0, 0.1) is 0 Å². The fourth-order valence-corrected chi connectivity index (χ4v) is 3.15. The fourth-order valence-electron chi connectivity index (χ4n) is 2.38.